The molecule has 1 aromatic carbocycles. The maximum absolute atomic E-state index is 12.6. The molecule has 3 aromatic rings. The van der Waals surface area contributed by atoms with Crippen molar-refractivity contribution in [2.75, 3.05) is 5.01 Å². The van der Waals surface area contributed by atoms with E-state index in [2.05, 4.69) is 15.1 Å². The number of carbonyl (C=O) groups excluding carboxylic acids is 2. The summed E-state index contributed by atoms with van der Waals surface area (Å²) in [5, 5.41) is 8.21. The van der Waals surface area contributed by atoms with E-state index in [1.54, 1.807) is 6.20 Å². The van der Waals surface area contributed by atoms with Gasteiger partial charge in [0, 0.05) is 24.4 Å². The van der Waals surface area contributed by atoms with Gasteiger partial charge < -0.3 is 4.74 Å². The molecular weight excluding hydrogens is 400 g/mol. The summed E-state index contributed by atoms with van der Waals surface area (Å²) in [6.07, 6.45) is 2.18. The van der Waals surface area contributed by atoms with Crippen LogP contribution in [0.2, 0.25) is 0 Å². The Morgan fingerprint density at radius 3 is 2.87 bits per heavy atom. The maximum atomic E-state index is 12.6. The molecule has 7 nitrogen and oxygen atoms in total. The number of thiazole rings is 1. The van der Waals surface area contributed by atoms with Crippen molar-refractivity contribution in [1.82, 2.24) is 9.97 Å². The van der Waals surface area contributed by atoms with E-state index < -0.39 is 5.97 Å². The fourth-order valence-corrected chi connectivity index (χ4v) is 3.82. The van der Waals surface area contributed by atoms with Crippen LogP contribution in [0.5, 0.6) is 0 Å². The number of pyridine rings is 1. The number of carbonyl (C=O) groups is 2. The minimum atomic E-state index is -0.537. The minimum Gasteiger partial charge on any atom is -0.455 e. The number of nitrogens with zero attached hydrogens (tertiary/aromatic N) is 4. The largest absolute Gasteiger partial charge is 0.455 e. The lowest BCUT2D eigenvalue weighted by atomic mass is 10.1. The van der Waals surface area contributed by atoms with Gasteiger partial charge in [-0.2, -0.15) is 10.1 Å². The number of rotatable bonds is 5. The number of hydrogen-bond acceptors (Lipinski definition) is 7. The van der Waals surface area contributed by atoms with Gasteiger partial charge in [-0.25, -0.2) is 9.78 Å². The van der Waals surface area contributed by atoms with E-state index in [4.69, 9.17) is 4.74 Å². The van der Waals surface area contributed by atoms with Gasteiger partial charge in [-0.15, -0.1) is 11.3 Å². The zero-order valence-electron chi connectivity index (χ0n) is 16.7. The van der Waals surface area contributed by atoms with Crippen LogP contribution in [0, 0.1) is 13.8 Å². The number of amides is 1. The molecule has 0 saturated carbocycles. The number of ether oxygens (including phenoxy) is 1. The predicted molar refractivity (Wildman–Crippen MR) is 115 cm³/mol. The van der Waals surface area contributed by atoms with Gasteiger partial charge in [-0.05, 0) is 43.2 Å². The van der Waals surface area contributed by atoms with E-state index in [1.807, 2.05) is 55.6 Å². The third-order valence-corrected chi connectivity index (χ3v) is 5.56. The molecule has 0 bridgehead atoms. The standard InChI is InChI=1S/C22H20N4O3S/c1-14-6-7-15(2)19(11-14)26-20(27)9-8-18(25-26)22(28)29-12-16-13-30-21(24-16)17-5-3-4-10-23-17/h3-7,10-11,13H,8-9,12H2,1-2H3. The average Bonchev–Trinajstić information content (AvgIpc) is 3.24. The van der Waals surface area contributed by atoms with Gasteiger partial charge in [0.05, 0.1) is 17.1 Å². The number of anilines is 1. The van der Waals surface area contributed by atoms with Crippen molar-refractivity contribution in [3.05, 3.63) is 64.8 Å². The molecule has 152 valence electrons. The highest BCUT2D eigenvalue weighted by Gasteiger charge is 2.27. The molecule has 0 aliphatic carbocycles. The Labute approximate surface area is 178 Å². The van der Waals surface area contributed by atoms with Crippen LogP contribution in [0.1, 0.15) is 29.7 Å². The molecule has 0 fully saturated rings. The summed E-state index contributed by atoms with van der Waals surface area (Å²) in [6, 6.07) is 11.4. The second kappa shape index (κ2) is 8.54. The number of benzene rings is 1. The van der Waals surface area contributed by atoms with E-state index in [-0.39, 0.29) is 31.1 Å². The molecule has 1 amide bonds. The van der Waals surface area contributed by atoms with Crippen molar-refractivity contribution in [2.24, 2.45) is 5.10 Å². The number of aromatic nitrogens is 2. The van der Waals surface area contributed by atoms with E-state index in [0.29, 0.717) is 11.4 Å². The van der Waals surface area contributed by atoms with Gasteiger partial charge in [0.2, 0.25) is 5.91 Å². The first kappa shape index (κ1) is 19.9. The van der Waals surface area contributed by atoms with Gasteiger partial charge in [0.25, 0.3) is 0 Å². The normalized spacial score (nSPS) is 13.9. The Bertz CT molecular complexity index is 1120. The Balaban J connectivity index is 1.46. The van der Waals surface area contributed by atoms with Crippen LogP contribution < -0.4 is 5.01 Å². The van der Waals surface area contributed by atoms with Crippen molar-refractivity contribution in [1.29, 1.82) is 0 Å². The molecule has 1 aliphatic heterocycles. The molecule has 2 aromatic heterocycles. The summed E-state index contributed by atoms with van der Waals surface area (Å²) in [4.78, 5) is 33.7. The summed E-state index contributed by atoms with van der Waals surface area (Å²) in [6.45, 7) is 3.90. The Morgan fingerprint density at radius 1 is 1.20 bits per heavy atom. The highest BCUT2D eigenvalue weighted by Crippen LogP contribution is 2.26. The lowest BCUT2D eigenvalue weighted by molar-refractivity contribution is -0.137. The van der Waals surface area contributed by atoms with Crippen molar-refractivity contribution in [3.63, 3.8) is 0 Å². The van der Waals surface area contributed by atoms with Crippen LogP contribution in [0.25, 0.3) is 10.7 Å². The van der Waals surface area contributed by atoms with Gasteiger partial charge >= 0.3 is 5.97 Å². The fraction of sp³-hybridized carbons (Fsp3) is 0.227. The van der Waals surface area contributed by atoms with Crippen molar-refractivity contribution in [2.45, 2.75) is 33.3 Å². The molecule has 1 aliphatic rings. The van der Waals surface area contributed by atoms with E-state index in [9.17, 15) is 9.59 Å². The first-order valence-electron chi connectivity index (χ1n) is 9.52. The van der Waals surface area contributed by atoms with E-state index in [0.717, 1.165) is 21.8 Å². The van der Waals surface area contributed by atoms with Crippen molar-refractivity contribution < 1.29 is 14.3 Å². The molecule has 0 spiro atoms. The topological polar surface area (TPSA) is 84.8 Å². The summed E-state index contributed by atoms with van der Waals surface area (Å²) >= 11 is 1.44. The minimum absolute atomic E-state index is 0.0403. The van der Waals surface area contributed by atoms with E-state index >= 15 is 0 Å². The number of aryl methyl sites for hydroxylation is 2. The van der Waals surface area contributed by atoms with Gasteiger partial charge in [-0.3, -0.25) is 9.78 Å². The molecule has 8 heteroatoms. The van der Waals surface area contributed by atoms with Gasteiger partial charge in [-0.1, -0.05) is 18.2 Å². The molecular formula is C22H20N4O3S. The van der Waals surface area contributed by atoms with Crippen LogP contribution in [0.4, 0.5) is 5.69 Å². The highest BCUT2D eigenvalue weighted by molar-refractivity contribution is 7.13. The van der Waals surface area contributed by atoms with Gasteiger partial charge in [0.15, 0.2) is 0 Å². The monoisotopic (exact) mass is 420 g/mol. The Morgan fingerprint density at radius 2 is 2.07 bits per heavy atom. The molecule has 30 heavy (non-hydrogen) atoms. The molecule has 0 saturated heterocycles. The second-order valence-corrected chi connectivity index (χ2v) is 7.84. The van der Waals surface area contributed by atoms with Crippen molar-refractivity contribution >= 4 is 34.6 Å². The average molecular weight is 420 g/mol. The molecule has 3 heterocycles. The fourth-order valence-electron chi connectivity index (χ4n) is 3.04. The Hall–Kier alpha value is -3.39. The van der Waals surface area contributed by atoms with Crippen LogP contribution >= 0.6 is 11.3 Å². The quantitative estimate of drug-likeness (QED) is 0.582. The van der Waals surface area contributed by atoms with E-state index in [1.165, 1.54) is 16.3 Å². The zero-order chi connectivity index (χ0) is 21.1. The molecule has 4 rings (SSSR count). The summed E-state index contributed by atoms with van der Waals surface area (Å²) in [5.41, 5.74) is 4.27. The Kier molecular flexibility index (Phi) is 5.67. The third-order valence-electron chi connectivity index (χ3n) is 4.65. The molecule has 0 unspecified atom stereocenters. The third kappa shape index (κ3) is 4.28. The second-order valence-electron chi connectivity index (χ2n) is 6.98. The van der Waals surface area contributed by atoms with Crippen LogP contribution in [-0.4, -0.2) is 27.6 Å². The lowest BCUT2D eigenvalue weighted by Crippen LogP contribution is -2.35. The lowest BCUT2D eigenvalue weighted by Gasteiger charge is -2.24. The van der Waals surface area contributed by atoms with Gasteiger partial charge in [0.1, 0.15) is 17.3 Å². The highest BCUT2D eigenvalue weighted by atomic mass is 32.1. The molecule has 0 atom stereocenters. The van der Waals surface area contributed by atoms with Crippen LogP contribution in [-0.2, 0) is 20.9 Å². The number of hydrogen-bond donors (Lipinski definition) is 0. The van der Waals surface area contributed by atoms with Crippen LogP contribution in [0.15, 0.2) is 53.1 Å². The zero-order valence-corrected chi connectivity index (χ0v) is 17.5. The maximum Gasteiger partial charge on any atom is 0.354 e. The molecule has 0 radical (unpaired) electrons. The van der Waals surface area contributed by atoms with Crippen LogP contribution in [0.3, 0.4) is 0 Å². The predicted octanol–water partition coefficient (Wildman–Crippen LogP) is 4.05. The first-order chi connectivity index (χ1) is 14.5. The SMILES string of the molecule is Cc1ccc(C)c(N2N=C(C(=O)OCc3csc(-c4ccccn4)n3)CCC2=O)c1. The smallest absolute Gasteiger partial charge is 0.354 e. The first-order valence-corrected chi connectivity index (χ1v) is 10.4. The number of hydrazone groups is 1. The molecule has 0 N–H and O–H groups in total. The summed E-state index contributed by atoms with van der Waals surface area (Å²) in [7, 11) is 0. The van der Waals surface area contributed by atoms with Crippen molar-refractivity contribution in [3.8, 4) is 10.7 Å². The number of esters is 1. The summed E-state index contributed by atoms with van der Waals surface area (Å²) < 4.78 is 5.41. The summed E-state index contributed by atoms with van der Waals surface area (Å²) in [5.74, 6) is -0.676.